The number of hydrogen-bond donors (Lipinski definition) is 2. The SMILES string of the molecule is CCCC(CCOC(CC)CN=Nc1c(N)ccc(C)c1N)OC. The van der Waals surface area contributed by atoms with Crippen LogP contribution < -0.4 is 11.5 Å². The van der Waals surface area contributed by atoms with Gasteiger partial charge in [0.05, 0.1) is 30.1 Å². The molecule has 24 heavy (non-hydrogen) atoms. The van der Waals surface area contributed by atoms with Crippen molar-refractivity contribution in [1.29, 1.82) is 0 Å². The van der Waals surface area contributed by atoms with E-state index in [-0.39, 0.29) is 12.2 Å². The fraction of sp³-hybridized carbons (Fsp3) is 0.667. The van der Waals surface area contributed by atoms with Crippen LogP contribution in [0.4, 0.5) is 17.1 Å². The highest BCUT2D eigenvalue weighted by Crippen LogP contribution is 2.32. The number of benzene rings is 1. The summed E-state index contributed by atoms with van der Waals surface area (Å²) in [6.07, 6.45) is 4.26. The Kier molecular flexibility index (Phi) is 9.34. The summed E-state index contributed by atoms with van der Waals surface area (Å²) in [7, 11) is 1.75. The number of nitrogens with two attached hydrogens (primary N) is 2. The van der Waals surface area contributed by atoms with Gasteiger partial charge >= 0.3 is 0 Å². The lowest BCUT2D eigenvalue weighted by molar-refractivity contribution is 0.0145. The van der Waals surface area contributed by atoms with Gasteiger partial charge in [-0.15, -0.1) is 0 Å². The van der Waals surface area contributed by atoms with Gasteiger partial charge in [0.1, 0.15) is 5.69 Å². The van der Waals surface area contributed by atoms with E-state index in [0.29, 0.717) is 30.2 Å². The topological polar surface area (TPSA) is 95.2 Å². The number of nitrogens with zero attached hydrogens (tertiary/aromatic N) is 2. The number of nitrogen functional groups attached to an aromatic ring is 2. The molecule has 2 unspecified atom stereocenters. The molecule has 0 amide bonds. The van der Waals surface area contributed by atoms with E-state index in [1.54, 1.807) is 13.2 Å². The van der Waals surface area contributed by atoms with Crippen molar-refractivity contribution in [2.24, 2.45) is 10.2 Å². The van der Waals surface area contributed by atoms with E-state index in [2.05, 4.69) is 24.1 Å². The van der Waals surface area contributed by atoms with Gasteiger partial charge in [-0.1, -0.05) is 26.3 Å². The summed E-state index contributed by atoms with van der Waals surface area (Å²) in [6, 6.07) is 3.68. The second-order valence-corrected chi connectivity index (χ2v) is 5.99. The normalized spacial score (nSPS) is 14.2. The molecule has 4 N–H and O–H groups in total. The van der Waals surface area contributed by atoms with Gasteiger partial charge in [0.2, 0.25) is 0 Å². The molecule has 1 rings (SSSR count). The highest BCUT2D eigenvalue weighted by atomic mass is 16.5. The zero-order chi connectivity index (χ0) is 17.9. The Morgan fingerprint density at radius 3 is 2.50 bits per heavy atom. The van der Waals surface area contributed by atoms with Crippen molar-refractivity contribution in [3.8, 4) is 0 Å². The zero-order valence-electron chi connectivity index (χ0n) is 15.4. The maximum Gasteiger partial charge on any atom is 0.131 e. The lowest BCUT2D eigenvalue weighted by Gasteiger charge is -2.17. The monoisotopic (exact) mass is 336 g/mol. The Bertz CT molecular complexity index is 520. The smallest absolute Gasteiger partial charge is 0.131 e. The van der Waals surface area contributed by atoms with Crippen LogP contribution in [-0.2, 0) is 9.47 Å². The maximum absolute atomic E-state index is 6.01. The molecule has 0 aliphatic heterocycles. The molecule has 0 aromatic heterocycles. The third kappa shape index (κ3) is 6.45. The first-order valence-electron chi connectivity index (χ1n) is 8.69. The van der Waals surface area contributed by atoms with Gasteiger partial charge < -0.3 is 20.9 Å². The van der Waals surface area contributed by atoms with Crippen molar-refractivity contribution in [1.82, 2.24) is 0 Å². The van der Waals surface area contributed by atoms with Crippen LogP contribution in [0.25, 0.3) is 0 Å². The fourth-order valence-electron chi connectivity index (χ4n) is 2.41. The summed E-state index contributed by atoms with van der Waals surface area (Å²) in [5, 5.41) is 8.45. The van der Waals surface area contributed by atoms with E-state index >= 15 is 0 Å². The minimum atomic E-state index is 0.0418. The number of anilines is 2. The first-order valence-corrected chi connectivity index (χ1v) is 8.69. The Balaban J connectivity index is 2.50. The van der Waals surface area contributed by atoms with Crippen molar-refractivity contribution in [3.05, 3.63) is 17.7 Å². The Morgan fingerprint density at radius 1 is 1.12 bits per heavy atom. The molecule has 1 aromatic carbocycles. The molecular weight excluding hydrogens is 304 g/mol. The fourth-order valence-corrected chi connectivity index (χ4v) is 2.41. The molecule has 0 spiro atoms. The van der Waals surface area contributed by atoms with E-state index < -0.39 is 0 Å². The molecule has 6 heteroatoms. The Hall–Kier alpha value is -1.66. The number of azo groups is 1. The summed E-state index contributed by atoms with van der Waals surface area (Å²) >= 11 is 0. The van der Waals surface area contributed by atoms with E-state index in [4.69, 9.17) is 20.9 Å². The lowest BCUT2D eigenvalue weighted by atomic mass is 10.1. The minimum Gasteiger partial charge on any atom is -0.397 e. The highest BCUT2D eigenvalue weighted by molar-refractivity contribution is 5.78. The van der Waals surface area contributed by atoms with Crippen molar-refractivity contribution >= 4 is 17.1 Å². The second-order valence-electron chi connectivity index (χ2n) is 5.99. The van der Waals surface area contributed by atoms with Crippen molar-refractivity contribution in [2.45, 2.75) is 58.7 Å². The molecule has 2 atom stereocenters. The molecule has 0 saturated heterocycles. The summed E-state index contributed by atoms with van der Waals surface area (Å²) in [4.78, 5) is 0. The van der Waals surface area contributed by atoms with Crippen LogP contribution in [-0.4, -0.2) is 32.5 Å². The van der Waals surface area contributed by atoms with Crippen molar-refractivity contribution < 1.29 is 9.47 Å². The largest absolute Gasteiger partial charge is 0.397 e. The molecule has 0 bridgehead atoms. The molecule has 0 saturated carbocycles. The van der Waals surface area contributed by atoms with Crippen LogP contribution in [0, 0.1) is 6.92 Å². The van der Waals surface area contributed by atoms with Crippen LogP contribution in [0.3, 0.4) is 0 Å². The van der Waals surface area contributed by atoms with Gasteiger partial charge in [-0.3, -0.25) is 0 Å². The summed E-state index contributed by atoms with van der Waals surface area (Å²) in [5.41, 5.74) is 14.5. The first kappa shape index (κ1) is 20.4. The van der Waals surface area contributed by atoms with E-state index in [1.807, 2.05) is 13.0 Å². The molecule has 0 fully saturated rings. The molecule has 0 aliphatic carbocycles. The lowest BCUT2D eigenvalue weighted by Crippen LogP contribution is -2.20. The number of hydrogen-bond acceptors (Lipinski definition) is 6. The van der Waals surface area contributed by atoms with Gasteiger partial charge in [-0.2, -0.15) is 10.2 Å². The van der Waals surface area contributed by atoms with Gasteiger partial charge in [0.15, 0.2) is 0 Å². The third-order valence-electron chi connectivity index (χ3n) is 4.11. The standard InChI is InChI=1S/C18H32N4O2/c1-5-7-15(23-4)10-11-24-14(6-2)12-21-22-18-16(19)9-8-13(3)17(18)20/h8-9,14-15H,5-7,10-12,19-20H2,1-4H3. The first-order chi connectivity index (χ1) is 11.5. The second kappa shape index (κ2) is 11.0. The summed E-state index contributed by atoms with van der Waals surface area (Å²) in [6.45, 7) is 7.32. The van der Waals surface area contributed by atoms with Crippen molar-refractivity contribution in [2.75, 3.05) is 31.7 Å². The molecule has 136 valence electrons. The van der Waals surface area contributed by atoms with Crippen LogP contribution >= 0.6 is 0 Å². The third-order valence-corrected chi connectivity index (χ3v) is 4.11. The van der Waals surface area contributed by atoms with Gasteiger partial charge in [0, 0.05) is 13.7 Å². The minimum absolute atomic E-state index is 0.0418. The average molecular weight is 336 g/mol. The quantitative estimate of drug-likeness (QED) is 0.466. The predicted octanol–water partition coefficient (Wildman–Crippen LogP) is 4.24. The van der Waals surface area contributed by atoms with E-state index in [9.17, 15) is 0 Å². The molecular formula is C18H32N4O2. The Labute approximate surface area is 145 Å². The Morgan fingerprint density at radius 2 is 1.88 bits per heavy atom. The molecule has 0 heterocycles. The van der Waals surface area contributed by atoms with E-state index in [0.717, 1.165) is 31.2 Å². The van der Waals surface area contributed by atoms with Gasteiger partial charge in [-0.25, -0.2) is 0 Å². The number of rotatable bonds is 11. The number of aryl methyl sites for hydroxylation is 1. The molecule has 1 aromatic rings. The number of ether oxygens (including phenoxy) is 2. The summed E-state index contributed by atoms with van der Waals surface area (Å²) < 4.78 is 11.3. The van der Waals surface area contributed by atoms with Crippen LogP contribution in [0.15, 0.2) is 22.4 Å². The van der Waals surface area contributed by atoms with E-state index in [1.165, 1.54) is 0 Å². The molecule has 0 radical (unpaired) electrons. The molecule has 0 aliphatic rings. The molecule has 6 nitrogen and oxygen atoms in total. The zero-order valence-corrected chi connectivity index (χ0v) is 15.4. The van der Waals surface area contributed by atoms with Crippen LogP contribution in [0.5, 0.6) is 0 Å². The summed E-state index contributed by atoms with van der Waals surface area (Å²) in [5.74, 6) is 0. The maximum atomic E-state index is 6.01. The number of methoxy groups -OCH3 is 1. The van der Waals surface area contributed by atoms with Gasteiger partial charge in [0.25, 0.3) is 0 Å². The highest BCUT2D eigenvalue weighted by Gasteiger charge is 2.10. The van der Waals surface area contributed by atoms with Crippen molar-refractivity contribution in [3.63, 3.8) is 0 Å². The average Bonchev–Trinajstić information content (AvgIpc) is 2.58. The van der Waals surface area contributed by atoms with Crippen LogP contribution in [0.1, 0.15) is 45.1 Å². The predicted molar refractivity (Wildman–Crippen MR) is 99.7 cm³/mol. The van der Waals surface area contributed by atoms with Gasteiger partial charge in [-0.05, 0) is 37.8 Å². The van der Waals surface area contributed by atoms with Crippen LogP contribution in [0.2, 0.25) is 0 Å².